The summed E-state index contributed by atoms with van der Waals surface area (Å²) in [6.45, 7) is 1.94. The van der Waals surface area contributed by atoms with E-state index in [9.17, 15) is 9.59 Å². The van der Waals surface area contributed by atoms with Crippen LogP contribution in [0.4, 0.5) is 0 Å². The summed E-state index contributed by atoms with van der Waals surface area (Å²) in [5.74, 6) is 0.0602. The van der Waals surface area contributed by atoms with Gasteiger partial charge in [0.1, 0.15) is 0 Å². The van der Waals surface area contributed by atoms with Crippen LogP contribution in [-0.4, -0.2) is 47.5 Å². The van der Waals surface area contributed by atoms with E-state index in [4.69, 9.17) is 10.5 Å². The lowest BCUT2D eigenvalue weighted by atomic mass is 10.2. The second kappa shape index (κ2) is 8.80. The van der Waals surface area contributed by atoms with E-state index in [-0.39, 0.29) is 23.5 Å². The summed E-state index contributed by atoms with van der Waals surface area (Å²) in [6, 6.07) is 9.90. The van der Waals surface area contributed by atoms with E-state index in [0.29, 0.717) is 13.1 Å². The Balaban J connectivity index is 1.93. The summed E-state index contributed by atoms with van der Waals surface area (Å²) >= 11 is 1.26. The fourth-order valence-corrected chi connectivity index (χ4v) is 3.08. The number of thioether (sulfide) groups is 1. The van der Waals surface area contributed by atoms with Gasteiger partial charge in [0, 0.05) is 19.7 Å². The molecule has 2 rings (SSSR count). The zero-order chi connectivity index (χ0) is 15.8. The van der Waals surface area contributed by atoms with Gasteiger partial charge in [0.15, 0.2) is 0 Å². The van der Waals surface area contributed by atoms with E-state index < -0.39 is 5.91 Å². The van der Waals surface area contributed by atoms with Gasteiger partial charge < -0.3 is 15.4 Å². The highest BCUT2D eigenvalue weighted by Gasteiger charge is 2.22. The predicted molar refractivity (Wildman–Crippen MR) is 87.4 cm³/mol. The minimum atomic E-state index is -0.397. The Kier molecular flexibility index (Phi) is 6.74. The number of carbonyl (C=O) groups excluding carboxylic acids is 2. The number of rotatable bonds is 8. The molecule has 120 valence electrons. The average Bonchev–Trinajstić information content (AvgIpc) is 3.00. The Labute approximate surface area is 135 Å². The van der Waals surface area contributed by atoms with Crippen molar-refractivity contribution in [1.29, 1.82) is 0 Å². The molecule has 1 saturated heterocycles. The highest BCUT2D eigenvalue weighted by atomic mass is 32.2. The van der Waals surface area contributed by atoms with Gasteiger partial charge in [-0.1, -0.05) is 30.3 Å². The molecule has 0 spiro atoms. The molecule has 1 atom stereocenters. The Bertz CT molecular complexity index is 489. The summed E-state index contributed by atoms with van der Waals surface area (Å²) in [6.07, 6.45) is 2.16. The van der Waals surface area contributed by atoms with Gasteiger partial charge in [0.05, 0.1) is 17.6 Å². The first-order chi connectivity index (χ1) is 10.6. The van der Waals surface area contributed by atoms with Crippen molar-refractivity contribution in [2.45, 2.75) is 25.5 Å². The molecular weight excluding hydrogens is 300 g/mol. The van der Waals surface area contributed by atoms with Gasteiger partial charge in [-0.05, 0) is 18.4 Å². The van der Waals surface area contributed by atoms with Crippen LogP contribution in [0.25, 0.3) is 0 Å². The van der Waals surface area contributed by atoms with Gasteiger partial charge in [-0.3, -0.25) is 9.59 Å². The Morgan fingerprint density at radius 1 is 1.27 bits per heavy atom. The molecule has 0 aliphatic carbocycles. The summed E-state index contributed by atoms with van der Waals surface area (Å²) in [4.78, 5) is 25.0. The molecule has 1 unspecified atom stereocenters. The minimum Gasteiger partial charge on any atom is -0.376 e. The van der Waals surface area contributed by atoms with Crippen molar-refractivity contribution in [3.05, 3.63) is 35.9 Å². The summed E-state index contributed by atoms with van der Waals surface area (Å²) in [5.41, 5.74) is 6.20. The number of primary amides is 1. The van der Waals surface area contributed by atoms with E-state index >= 15 is 0 Å². The molecule has 6 heteroatoms. The average molecular weight is 322 g/mol. The number of hydrogen-bond donors (Lipinski definition) is 1. The third-order valence-electron chi connectivity index (χ3n) is 3.49. The highest BCUT2D eigenvalue weighted by molar-refractivity contribution is 8.00. The smallest absolute Gasteiger partial charge is 0.232 e. The molecule has 1 fully saturated rings. The third-order valence-corrected chi connectivity index (χ3v) is 4.43. The molecular formula is C16H22N2O3S. The van der Waals surface area contributed by atoms with Gasteiger partial charge in [0.25, 0.3) is 0 Å². The monoisotopic (exact) mass is 322 g/mol. The van der Waals surface area contributed by atoms with Crippen molar-refractivity contribution < 1.29 is 14.3 Å². The Morgan fingerprint density at radius 3 is 2.68 bits per heavy atom. The van der Waals surface area contributed by atoms with Crippen LogP contribution in [0.1, 0.15) is 18.4 Å². The zero-order valence-corrected chi connectivity index (χ0v) is 13.4. The number of amides is 2. The van der Waals surface area contributed by atoms with E-state index in [1.165, 1.54) is 11.8 Å². The normalized spacial score (nSPS) is 17.4. The molecule has 2 N–H and O–H groups in total. The lowest BCUT2D eigenvalue weighted by Crippen LogP contribution is -2.38. The number of nitrogens with two attached hydrogens (primary N) is 1. The van der Waals surface area contributed by atoms with Crippen molar-refractivity contribution in [3.63, 3.8) is 0 Å². The first-order valence-corrected chi connectivity index (χ1v) is 8.60. The largest absolute Gasteiger partial charge is 0.376 e. The van der Waals surface area contributed by atoms with Crippen LogP contribution in [0.5, 0.6) is 0 Å². The van der Waals surface area contributed by atoms with Gasteiger partial charge >= 0.3 is 0 Å². The molecule has 1 heterocycles. The summed E-state index contributed by atoms with van der Waals surface area (Å²) in [5, 5.41) is 0. The number of nitrogens with zero attached hydrogens (tertiary/aromatic N) is 1. The van der Waals surface area contributed by atoms with Crippen LogP contribution < -0.4 is 5.73 Å². The van der Waals surface area contributed by atoms with E-state index in [1.54, 1.807) is 0 Å². The van der Waals surface area contributed by atoms with Crippen molar-refractivity contribution in [1.82, 2.24) is 4.90 Å². The van der Waals surface area contributed by atoms with Crippen LogP contribution in [0.15, 0.2) is 30.3 Å². The molecule has 1 aliphatic heterocycles. The molecule has 0 bridgehead atoms. The van der Waals surface area contributed by atoms with E-state index in [0.717, 1.165) is 25.0 Å². The molecule has 0 radical (unpaired) electrons. The Hall–Kier alpha value is -1.53. The third kappa shape index (κ3) is 5.69. The molecule has 1 aromatic carbocycles. The number of benzene rings is 1. The highest BCUT2D eigenvalue weighted by Crippen LogP contribution is 2.16. The number of ether oxygens (including phenoxy) is 1. The van der Waals surface area contributed by atoms with E-state index in [2.05, 4.69) is 0 Å². The molecule has 0 saturated carbocycles. The minimum absolute atomic E-state index is 0.0191. The number of carbonyl (C=O) groups is 2. The van der Waals surface area contributed by atoms with Gasteiger partial charge in [-0.2, -0.15) is 0 Å². The zero-order valence-electron chi connectivity index (χ0n) is 12.6. The standard InChI is InChI=1S/C16H22N2O3S/c17-15(19)11-22-12-16(20)18(10-14-7-4-8-21-14)9-13-5-2-1-3-6-13/h1-3,5-6,14H,4,7-12H2,(H2,17,19). The quantitative estimate of drug-likeness (QED) is 0.785. The maximum Gasteiger partial charge on any atom is 0.232 e. The van der Waals surface area contributed by atoms with Crippen molar-refractivity contribution >= 4 is 23.6 Å². The first kappa shape index (κ1) is 16.8. The van der Waals surface area contributed by atoms with Gasteiger partial charge in [0.2, 0.25) is 11.8 Å². The molecule has 0 aromatic heterocycles. The fraction of sp³-hybridized carbons (Fsp3) is 0.500. The molecule has 22 heavy (non-hydrogen) atoms. The number of hydrogen-bond acceptors (Lipinski definition) is 4. The first-order valence-electron chi connectivity index (χ1n) is 7.44. The predicted octanol–water partition coefficient (Wildman–Crippen LogP) is 1.41. The molecule has 1 aliphatic rings. The van der Waals surface area contributed by atoms with Crippen LogP contribution in [0.2, 0.25) is 0 Å². The van der Waals surface area contributed by atoms with Crippen LogP contribution in [-0.2, 0) is 20.9 Å². The molecule has 5 nitrogen and oxygen atoms in total. The van der Waals surface area contributed by atoms with Crippen LogP contribution in [0, 0.1) is 0 Å². The SMILES string of the molecule is NC(=O)CSCC(=O)N(Cc1ccccc1)CC1CCCO1. The maximum absolute atomic E-state index is 12.4. The fourth-order valence-electron chi connectivity index (χ4n) is 2.42. The van der Waals surface area contributed by atoms with Crippen molar-refractivity contribution in [3.8, 4) is 0 Å². The lowest BCUT2D eigenvalue weighted by Gasteiger charge is -2.25. The van der Waals surface area contributed by atoms with Crippen LogP contribution >= 0.6 is 11.8 Å². The summed E-state index contributed by atoms with van der Waals surface area (Å²) in [7, 11) is 0. The molecule has 1 aromatic rings. The van der Waals surface area contributed by atoms with E-state index in [1.807, 2.05) is 35.2 Å². The molecule has 2 amide bonds. The van der Waals surface area contributed by atoms with Crippen molar-refractivity contribution in [2.75, 3.05) is 24.7 Å². The van der Waals surface area contributed by atoms with Crippen LogP contribution in [0.3, 0.4) is 0 Å². The second-order valence-corrected chi connectivity index (χ2v) is 6.34. The van der Waals surface area contributed by atoms with Gasteiger partial charge in [-0.25, -0.2) is 0 Å². The lowest BCUT2D eigenvalue weighted by molar-refractivity contribution is -0.130. The topological polar surface area (TPSA) is 72.6 Å². The Morgan fingerprint density at radius 2 is 2.05 bits per heavy atom. The summed E-state index contributed by atoms with van der Waals surface area (Å²) < 4.78 is 5.64. The van der Waals surface area contributed by atoms with Crippen molar-refractivity contribution in [2.24, 2.45) is 5.73 Å². The van der Waals surface area contributed by atoms with Gasteiger partial charge in [-0.15, -0.1) is 11.8 Å². The second-order valence-electron chi connectivity index (χ2n) is 5.35. The maximum atomic E-state index is 12.4.